The van der Waals surface area contributed by atoms with Crippen molar-refractivity contribution in [1.29, 1.82) is 0 Å². The smallest absolute Gasteiger partial charge is 0.239 e. The number of benzene rings is 2. The van der Waals surface area contributed by atoms with Gasteiger partial charge in [0, 0.05) is 49.4 Å². The summed E-state index contributed by atoms with van der Waals surface area (Å²) in [6.07, 6.45) is 0. The molecule has 1 amide bonds. The third kappa shape index (κ3) is 5.54. The number of carbonyl (C=O) groups excluding carboxylic acids is 1. The molecule has 1 aliphatic rings. The van der Waals surface area contributed by atoms with E-state index in [1.807, 2.05) is 53.2 Å². The largest absolute Gasteiger partial charge is 0.497 e. The first kappa shape index (κ1) is 22.9. The topological polar surface area (TPSA) is 62.6 Å². The normalized spacial score (nSPS) is 14.8. The van der Waals surface area contributed by atoms with Gasteiger partial charge in [-0.1, -0.05) is 45.0 Å². The van der Waals surface area contributed by atoms with Gasteiger partial charge in [-0.25, -0.2) is 4.68 Å². The van der Waals surface area contributed by atoms with E-state index in [2.05, 4.69) is 48.0 Å². The molecule has 0 unspecified atom stereocenters. The number of piperazine rings is 1. The first-order valence-corrected chi connectivity index (χ1v) is 11.4. The van der Waals surface area contributed by atoms with Crippen molar-refractivity contribution in [2.75, 3.05) is 50.1 Å². The zero-order valence-corrected chi connectivity index (χ0v) is 19.9. The van der Waals surface area contributed by atoms with E-state index in [0.717, 1.165) is 49.0 Å². The lowest BCUT2D eigenvalue weighted by Gasteiger charge is -2.35. The van der Waals surface area contributed by atoms with Crippen molar-refractivity contribution in [2.45, 2.75) is 26.2 Å². The van der Waals surface area contributed by atoms with E-state index < -0.39 is 0 Å². The average Bonchev–Trinajstić information content (AvgIpc) is 3.24. The summed E-state index contributed by atoms with van der Waals surface area (Å²) in [7, 11) is 1.68. The molecule has 0 bridgehead atoms. The molecule has 0 saturated carbocycles. The molecule has 0 radical (unpaired) electrons. The van der Waals surface area contributed by atoms with E-state index in [1.165, 1.54) is 0 Å². The van der Waals surface area contributed by atoms with Gasteiger partial charge in [0.15, 0.2) is 0 Å². The molecule has 2 aromatic carbocycles. The van der Waals surface area contributed by atoms with Crippen LogP contribution in [0.25, 0.3) is 5.69 Å². The molecule has 1 aromatic heterocycles. The number of hydrogen-bond acceptors (Lipinski definition) is 5. The molecule has 174 valence electrons. The summed E-state index contributed by atoms with van der Waals surface area (Å²) in [5, 5.41) is 7.88. The van der Waals surface area contributed by atoms with E-state index in [4.69, 9.17) is 9.84 Å². The van der Waals surface area contributed by atoms with Crippen LogP contribution in [0.5, 0.6) is 5.75 Å². The van der Waals surface area contributed by atoms with Gasteiger partial charge in [0.25, 0.3) is 0 Å². The summed E-state index contributed by atoms with van der Waals surface area (Å²) in [6, 6.07) is 20.0. The van der Waals surface area contributed by atoms with E-state index in [0.29, 0.717) is 12.4 Å². The summed E-state index contributed by atoms with van der Waals surface area (Å²) in [5.74, 6) is 1.53. The van der Waals surface area contributed by atoms with Gasteiger partial charge in [0.2, 0.25) is 5.91 Å². The minimum Gasteiger partial charge on any atom is -0.497 e. The predicted octanol–water partition coefficient (Wildman–Crippen LogP) is 3.94. The number of carbonyl (C=O) groups is 1. The molecule has 0 spiro atoms. The summed E-state index contributed by atoms with van der Waals surface area (Å²) in [5.41, 5.74) is 2.90. The van der Waals surface area contributed by atoms with E-state index in [1.54, 1.807) is 7.11 Å². The summed E-state index contributed by atoms with van der Waals surface area (Å²) in [4.78, 5) is 17.5. The van der Waals surface area contributed by atoms with Crippen LogP contribution in [-0.2, 0) is 10.2 Å². The second kappa shape index (κ2) is 9.67. The van der Waals surface area contributed by atoms with Gasteiger partial charge in [-0.3, -0.25) is 9.69 Å². The molecule has 1 fully saturated rings. The first-order valence-electron chi connectivity index (χ1n) is 11.4. The van der Waals surface area contributed by atoms with Gasteiger partial charge in [-0.15, -0.1) is 0 Å². The van der Waals surface area contributed by atoms with Crippen LogP contribution in [0, 0.1) is 0 Å². The Morgan fingerprint density at radius 3 is 2.33 bits per heavy atom. The van der Waals surface area contributed by atoms with Gasteiger partial charge in [0.05, 0.1) is 25.0 Å². The minimum absolute atomic E-state index is 0.0256. The Bertz CT molecular complexity index is 1080. The zero-order chi connectivity index (χ0) is 23.4. The predicted molar refractivity (Wildman–Crippen MR) is 133 cm³/mol. The van der Waals surface area contributed by atoms with E-state index >= 15 is 0 Å². The summed E-state index contributed by atoms with van der Waals surface area (Å²) >= 11 is 0. The second-order valence-corrected chi connectivity index (χ2v) is 9.43. The van der Waals surface area contributed by atoms with Gasteiger partial charge < -0.3 is 15.0 Å². The maximum absolute atomic E-state index is 12.9. The quantitative estimate of drug-likeness (QED) is 0.620. The van der Waals surface area contributed by atoms with E-state index in [-0.39, 0.29) is 11.3 Å². The first-order chi connectivity index (χ1) is 15.8. The summed E-state index contributed by atoms with van der Waals surface area (Å²) in [6.45, 7) is 10.1. The lowest BCUT2D eigenvalue weighted by Crippen LogP contribution is -2.48. The lowest BCUT2D eigenvalue weighted by atomic mass is 9.92. The lowest BCUT2D eigenvalue weighted by molar-refractivity contribution is -0.117. The van der Waals surface area contributed by atoms with Crippen molar-refractivity contribution in [3.05, 3.63) is 66.4 Å². The zero-order valence-electron chi connectivity index (χ0n) is 19.9. The summed E-state index contributed by atoms with van der Waals surface area (Å²) < 4.78 is 7.16. The molecule has 1 N–H and O–H groups in total. The number of hydrogen-bond donors (Lipinski definition) is 1. The number of amides is 1. The number of anilines is 2. The fourth-order valence-corrected chi connectivity index (χ4v) is 3.96. The number of rotatable bonds is 6. The van der Waals surface area contributed by atoms with Crippen molar-refractivity contribution < 1.29 is 9.53 Å². The minimum atomic E-state index is -0.115. The van der Waals surface area contributed by atoms with Gasteiger partial charge >= 0.3 is 0 Å². The molecule has 0 aliphatic carbocycles. The van der Waals surface area contributed by atoms with Crippen molar-refractivity contribution in [3.8, 4) is 11.4 Å². The number of aromatic nitrogens is 2. The van der Waals surface area contributed by atoms with E-state index in [9.17, 15) is 4.79 Å². The standard InChI is InChI=1S/C26H33N5O2/c1-26(2,3)23-18-24(31(28-23)20-9-6-5-7-10-20)27-25(32)19-29-13-15-30(16-14-29)21-11-8-12-22(17-21)33-4/h5-12,17-18H,13-16,19H2,1-4H3,(H,27,32). The highest BCUT2D eigenvalue weighted by atomic mass is 16.5. The molecule has 7 nitrogen and oxygen atoms in total. The van der Waals surface area contributed by atoms with Crippen LogP contribution in [-0.4, -0.2) is 60.4 Å². The Morgan fingerprint density at radius 2 is 1.67 bits per heavy atom. The fourth-order valence-electron chi connectivity index (χ4n) is 3.96. The van der Waals surface area contributed by atoms with Crippen molar-refractivity contribution in [1.82, 2.24) is 14.7 Å². The van der Waals surface area contributed by atoms with Crippen molar-refractivity contribution in [2.24, 2.45) is 0 Å². The van der Waals surface area contributed by atoms with Crippen LogP contribution in [0.4, 0.5) is 11.5 Å². The Balaban J connectivity index is 1.40. The molecule has 7 heteroatoms. The van der Waals surface area contributed by atoms with Crippen LogP contribution in [0.1, 0.15) is 26.5 Å². The Hall–Kier alpha value is -3.32. The number of para-hydroxylation sites is 1. The monoisotopic (exact) mass is 447 g/mol. The van der Waals surface area contributed by atoms with Gasteiger partial charge in [-0.05, 0) is 24.3 Å². The van der Waals surface area contributed by atoms with Crippen LogP contribution in [0.3, 0.4) is 0 Å². The highest BCUT2D eigenvalue weighted by Gasteiger charge is 2.23. The molecule has 33 heavy (non-hydrogen) atoms. The molecular formula is C26H33N5O2. The number of methoxy groups -OCH3 is 1. The Labute approximate surface area is 196 Å². The third-order valence-electron chi connectivity index (χ3n) is 5.90. The molecule has 2 heterocycles. The van der Waals surface area contributed by atoms with Crippen LogP contribution in [0.2, 0.25) is 0 Å². The van der Waals surface area contributed by atoms with Crippen LogP contribution >= 0.6 is 0 Å². The molecule has 3 aromatic rings. The van der Waals surface area contributed by atoms with Crippen LogP contribution in [0.15, 0.2) is 60.7 Å². The van der Waals surface area contributed by atoms with Gasteiger partial charge in [-0.2, -0.15) is 5.10 Å². The molecule has 1 saturated heterocycles. The highest BCUT2D eigenvalue weighted by molar-refractivity contribution is 5.91. The maximum Gasteiger partial charge on any atom is 0.239 e. The maximum atomic E-state index is 12.9. The number of nitrogens with zero attached hydrogens (tertiary/aromatic N) is 4. The highest BCUT2D eigenvalue weighted by Crippen LogP contribution is 2.26. The molecule has 1 aliphatic heterocycles. The average molecular weight is 448 g/mol. The third-order valence-corrected chi connectivity index (χ3v) is 5.90. The second-order valence-electron chi connectivity index (χ2n) is 9.43. The van der Waals surface area contributed by atoms with Crippen LogP contribution < -0.4 is 15.0 Å². The number of nitrogens with one attached hydrogen (secondary N) is 1. The van der Waals surface area contributed by atoms with Gasteiger partial charge in [0.1, 0.15) is 11.6 Å². The van der Waals surface area contributed by atoms with Crippen molar-refractivity contribution >= 4 is 17.4 Å². The SMILES string of the molecule is COc1cccc(N2CCN(CC(=O)Nc3cc(C(C)(C)C)nn3-c3ccccc3)CC2)c1. The fraction of sp³-hybridized carbons (Fsp3) is 0.385. The Kier molecular flexibility index (Phi) is 6.70. The number of ether oxygens (including phenoxy) is 1. The Morgan fingerprint density at radius 1 is 0.970 bits per heavy atom. The molecule has 4 rings (SSSR count). The molecule has 0 atom stereocenters. The molecular weight excluding hydrogens is 414 g/mol. The van der Waals surface area contributed by atoms with Crippen molar-refractivity contribution in [3.63, 3.8) is 0 Å².